The first-order valence-corrected chi connectivity index (χ1v) is 15.9. The summed E-state index contributed by atoms with van der Waals surface area (Å²) in [7, 11) is 0. The third-order valence-corrected chi connectivity index (χ3v) is 9.82. The maximum Gasteiger partial charge on any atom is 0.220 e. The van der Waals surface area contributed by atoms with Gasteiger partial charge in [-0.1, -0.05) is 18.2 Å². The normalized spacial score (nSPS) is 19.1. The average molecular weight is 644 g/mol. The molecule has 0 saturated heterocycles. The summed E-state index contributed by atoms with van der Waals surface area (Å²) in [5, 5.41) is 34.6. The summed E-state index contributed by atoms with van der Waals surface area (Å²) >= 11 is 5.22. The van der Waals surface area contributed by atoms with Gasteiger partial charge in [0.1, 0.15) is 5.75 Å². The van der Waals surface area contributed by atoms with Crippen molar-refractivity contribution in [3.8, 4) is 5.75 Å². The predicted octanol–water partition coefficient (Wildman–Crippen LogP) is 6.04. The molecule has 0 bridgehead atoms. The molecule has 1 aliphatic carbocycles. The van der Waals surface area contributed by atoms with E-state index in [0.29, 0.717) is 50.6 Å². The van der Waals surface area contributed by atoms with E-state index >= 15 is 0 Å². The highest BCUT2D eigenvalue weighted by molar-refractivity contribution is 9.11. The zero-order valence-corrected chi connectivity index (χ0v) is 25.8. The topological polar surface area (TPSA) is 123 Å². The number of carbonyl (C=O) groups excluding carboxylic acids is 2. The van der Waals surface area contributed by atoms with Crippen molar-refractivity contribution >= 4 is 49.9 Å². The fraction of sp³-hybridized carbons (Fsp3) is 0.438. The number of rotatable bonds is 14. The predicted molar refractivity (Wildman–Crippen MR) is 167 cm³/mol. The van der Waals surface area contributed by atoms with E-state index in [1.807, 2.05) is 30.5 Å². The molecule has 3 aromatic rings. The number of amides is 1. The first-order valence-electron chi connectivity index (χ1n) is 14.3. The van der Waals surface area contributed by atoms with Gasteiger partial charge in [-0.05, 0) is 109 Å². The van der Waals surface area contributed by atoms with Gasteiger partial charge in [0.15, 0.2) is 5.78 Å². The van der Waals surface area contributed by atoms with Crippen LogP contribution in [0.25, 0.3) is 10.9 Å². The highest BCUT2D eigenvalue weighted by Gasteiger charge is 2.35. The van der Waals surface area contributed by atoms with Crippen molar-refractivity contribution in [2.45, 2.75) is 76.9 Å². The number of H-pyrrole nitrogens is 1. The van der Waals surface area contributed by atoms with E-state index in [4.69, 9.17) is 0 Å². The van der Waals surface area contributed by atoms with Gasteiger partial charge in [0.2, 0.25) is 5.91 Å². The Bertz CT molecular complexity index is 1390. The standard InChI is InChI=1S/C32H39BrN2O5S/c1-20-16-24(41-32(20)33)11-8-22(36)9-12-26-25(29(38)18-30(26)39)6-4-2-3-5-7-31(40)34-15-14-21-19-35-28-13-10-23(37)17-27(21)28/h2,4,10,12-13,16-17,19,22,25,29,35-38H,3,5-9,11,14-15,18H2,1H3,(H,34,40)/t22-,25+,29-/m0/s1. The molecule has 4 rings (SSSR count). The molecule has 0 aliphatic heterocycles. The molecule has 0 spiro atoms. The van der Waals surface area contributed by atoms with Gasteiger partial charge in [0.25, 0.3) is 0 Å². The van der Waals surface area contributed by atoms with Crippen LogP contribution in [0.3, 0.4) is 0 Å². The lowest BCUT2D eigenvalue weighted by atomic mass is 9.94. The molecule has 2 aromatic heterocycles. The largest absolute Gasteiger partial charge is 0.508 e. The number of halogens is 1. The Morgan fingerprint density at radius 2 is 2.10 bits per heavy atom. The third kappa shape index (κ3) is 8.88. The van der Waals surface area contributed by atoms with E-state index in [-0.39, 0.29) is 29.8 Å². The second-order valence-corrected chi connectivity index (χ2v) is 13.3. The Hall–Kier alpha value is -2.72. The number of thiophene rings is 1. The van der Waals surface area contributed by atoms with E-state index in [9.17, 15) is 24.9 Å². The van der Waals surface area contributed by atoms with Crippen molar-refractivity contribution in [3.05, 3.63) is 74.1 Å². The summed E-state index contributed by atoms with van der Waals surface area (Å²) in [5.74, 6) is -0.0677. The van der Waals surface area contributed by atoms with Crippen LogP contribution in [-0.2, 0) is 22.4 Å². The smallest absolute Gasteiger partial charge is 0.220 e. The number of unbranched alkanes of at least 4 members (excludes halogenated alkanes) is 1. The summed E-state index contributed by atoms with van der Waals surface area (Å²) < 4.78 is 1.12. The van der Waals surface area contributed by atoms with Crippen LogP contribution in [-0.4, -0.2) is 50.7 Å². The van der Waals surface area contributed by atoms with Crippen LogP contribution in [0.15, 0.2) is 58.0 Å². The SMILES string of the molecule is Cc1cc(CC[C@H](O)CC=C2C(=O)C[C@H](O)[C@@H]2CC=CCCCC(=O)NCCc2c[nH]c3ccc(O)cc23)sc1Br. The molecule has 1 fully saturated rings. The van der Waals surface area contributed by atoms with E-state index < -0.39 is 12.2 Å². The fourth-order valence-electron chi connectivity index (χ4n) is 5.29. The zero-order valence-electron chi connectivity index (χ0n) is 23.4. The number of hydrogen-bond donors (Lipinski definition) is 5. The van der Waals surface area contributed by atoms with Crippen molar-refractivity contribution in [2.75, 3.05) is 6.54 Å². The Balaban J connectivity index is 1.14. The van der Waals surface area contributed by atoms with Gasteiger partial charge < -0.3 is 25.6 Å². The number of aromatic nitrogens is 1. The second-order valence-electron chi connectivity index (χ2n) is 10.8. The molecule has 2 heterocycles. The molecule has 5 N–H and O–H groups in total. The maximum atomic E-state index is 12.5. The van der Waals surface area contributed by atoms with Crippen LogP contribution in [0.5, 0.6) is 5.75 Å². The number of benzene rings is 1. The molecule has 1 aromatic carbocycles. The van der Waals surface area contributed by atoms with Crippen LogP contribution in [0.4, 0.5) is 0 Å². The summed E-state index contributed by atoms with van der Waals surface area (Å²) in [4.78, 5) is 29.1. The summed E-state index contributed by atoms with van der Waals surface area (Å²) in [6.07, 6.45) is 11.5. The number of hydrogen-bond acceptors (Lipinski definition) is 6. The van der Waals surface area contributed by atoms with Gasteiger partial charge in [0.05, 0.1) is 16.0 Å². The van der Waals surface area contributed by atoms with Gasteiger partial charge in [-0.3, -0.25) is 9.59 Å². The van der Waals surface area contributed by atoms with E-state index in [1.165, 1.54) is 10.4 Å². The number of aryl methyl sites for hydroxylation is 2. The van der Waals surface area contributed by atoms with Crippen LogP contribution >= 0.6 is 27.3 Å². The number of aliphatic hydroxyl groups excluding tert-OH is 2. The van der Waals surface area contributed by atoms with Gasteiger partial charge in [-0.25, -0.2) is 0 Å². The van der Waals surface area contributed by atoms with Crippen LogP contribution in [0.1, 0.15) is 60.9 Å². The zero-order chi connectivity index (χ0) is 29.4. The molecule has 1 saturated carbocycles. The lowest BCUT2D eigenvalue weighted by Crippen LogP contribution is -2.25. The highest BCUT2D eigenvalue weighted by Crippen LogP contribution is 2.33. The summed E-state index contributed by atoms with van der Waals surface area (Å²) in [6, 6.07) is 7.34. The molecule has 41 heavy (non-hydrogen) atoms. The second kappa shape index (κ2) is 15.0. The number of aromatic amines is 1. The van der Waals surface area contributed by atoms with Crippen molar-refractivity contribution < 1.29 is 24.9 Å². The number of ketones is 1. The highest BCUT2D eigenvalue weighted by atomic mass is 79.9. The van der Waals surface area contributed by atoms with E-state index in [2.05, 4.69) is 39.2 Å². The number of aromatic hydroxyl groups is 1. The number of nitrogens with one attached hydrogen (secondary N) is 2. The molecular weight excluding hydrogens is 604 g/mol. The minimum atomic E-state index is -0.700. The van der Waals surface area contributed by atoms with Crippen LogP contribution in [0.2, 0.25) is 0 Å². The number of carbonyl (C=O) groups is 2. The minimum absolute atomic E-state index is 0.00326. The fourth-order valence-corrected chi connectivity index (χ4v) is 6.93. The number of aliphatic hydroxyl groups is 2. The lowest BCUT2D eigenvalue weighted by molar-refractivity contribution is -0.121. The number of phenolic OH excluding ortho intramolecular Hbond substituents is 1. The molecule has 1 amide bonds. The molecule has 9 heteroatoms. The molecule has 1 aliphatic rings. The Morgan fingerprint density at radius 3 is 2.88 bits per heavy atom. The third-order valence-electron chi connectivity index (χ3n) is 7.62. The van der Waals surface area contributed by atoms with Crippen molar-refractivity contribution in [2.24, 2.45) is 5.92 Å². The molecule has 7 nitrogen and oxygen atoms in total. The Labute approximate surface area is 253 Å². The first-order chi connectivity index (χ1) is 19.7. The van der Waals surface area contributed by atoms with Crippen molar-refractivity contribution in [3.63, 3.8) is 0 Å². The van der Waals surface area contributed by atoms with Gasteiger partial charge in [-0.15, -0.1) is 11.3 Å². The van der Waals surface area contributed by atoms with Gasteiger partial charge >= 0.3 is 0 Å². The lowest BCUT2D eigenvalue weighted by Gasteiger charge is -2.14. The van der Waals surface area contributed by atoms with Crippen LogP contribution in [0, 0.1) is 12.8 Å². The maximum absolute atomic E-state index is 12.5. The first kappa shape index (κ1) is 31.2. The minimum Gasteiger partial charge on any atom is -0.508 e. The Morgan fingerprint density at radius 1 is 1.27 bits per heavy atom. The summed E-state index contributed by atoms with van der Waals surface area (Å²) in [6.45, 7) is 2.58. The number of phenols is 1. The van der Waals surface area contributed by atoms with Crippen molar-refractivity contribution in [1.29, 1.82) is 0 Å². The van der Waals surface area contributed by atoms with Crippen molar-refractivity contribution in [1.82, 2.24) is 10.3 Å². The number of allylic oxidation sites excluding steroid dienone is 2. The summed E-state index contributed by atoms with van der Waals surface area (Å²) in [5.41, 5.74) is 3.84. The quantitative estimate of drug-likeness (QED) is 0.0833. The van der Waals surface area contributed by atoms with Gasteiger partial charge in [0, 0.05) is 47.3 Å². The average Bonchev–Trinajstić information content (AvgIpc) is 3.57. The molecule has 0 unspecified atom stereocenters. The number of Topliss-reactive ketones (excluding diaryl/α,β-unsaturated/α-hetero) is 1. The molecule has 0 radical (unpaired) electrons. The monoisotopic (exact) mass is 642 g/mol. The molecule has 220 valence electrons. The van der Waals surface area contributed by atoms with E-state index in [1.54, 1.807) is 23.5 Å². The van der Waals surface area contributed by atoms with Crippen LogP contribution < -0.4 is 5.32 Å². The molecular formula is C32H39BrN2O5S. The Kier molecular flexibility index (Phi) is 11.4. The van der Waals surface area contributed by atoms with E-state index in [0.717, 1.165) is 33.1 Å². The molecule has 3 atom stereocenters. The van der Waals surface area contributed by atoms with Gasteiger partial charge in [-0.2, -0.15) is 0 Å². The number of fused-ring (bicyclic) bond motifs is 1.